The fourth-order valence-corrected chi connectivity index (χ4v) is 9.29. The first-order valence-electron chi connectivity index (χ1n) is 11.4. The van der Waals surface area contributed by atoms with Crippen LogP contribution in [0.1, 0.15) is 53.4 Å². The molecule has 4 rings (SSSR count). The fourth-order valence-electron chi connectivity index (χ4n) is 5.47. The second-order valence-electron chi connectivity index (χ2n) is 9.46. The summed E-state index contributed by atoms with van der Waals surface area (Å²) < 4.78 is 27.9. The number of ether oxygens (including phenoxy) is 2. The van der Waals surface area contributed by atoms with Crippen molar-refractivity contribution in [3.63, 3.8) is 0 Å². The lowest BCUT2D eigenvalue weighted by molar-refractivity contribution is -0.188. The Morgan fingerprint density at radius 2 is 1.40 bits per heavy atom. The minimum atomic E-state index is -2.84. The topological polar surface area (TPSA) is 35.5 Å². The monoisotopic (exact) mass is 426 g/mol. The Bertz CT molecular complexity index is 826. The van der Waals surface area contributed by atoms with Gasteiger partial charge in [-0.15, -0.1) is 0 Å². The van der Waals surface area contributed by atoms with Gasteiger partial charge in [0.25, 0.3) is 0 Å². The second-order valence-corrected chi connectivity index (χ2v) is 12.5. The lowest BCUT2D eigenvalue weighted by Gasteiger charge is -2.38. The average molecular weight is 427 g/mol. The van der Waals surface area contributed by atoms with Gasteiger partial charge in [-0.3, -0.25) is 0 Å². The van der Waals surface area contributed by atoms with E-state index in [0.717, 1.165) is 36.3 Å². The van der Waals surface area contributed by atoms with Crippen LogP contribution in [0.15, 0.2) is 60.7 Å². The van der Waals surface area contributed by atoms with Crippen LogP contribution in [0.4, 0.5) is 0 Å². The molecule has 2 aliphatic rings. The van der Waals surface area contributed by atoms with Gasteiger partial charge in [0.15, 0.2) is 5.79 Å². The van der Waals surface area contributed by atoms with Crippen LogP contribution in [-0.4, -0.2) is 23.7 Å². The van der Waals surface area contributed by atoms with Crippen LogP contribution in [0.5, 0.6) is 0 Å². The van der Waals surface area contributed by atoms with Crippen LogP contribution in [0.2, 0.25) is 0 Å². The van der Waals surface area contributed by atoms with Crippen LogP contribution in [0, 0.1) is 11.8 Å². The molecule has 2 aromatic rings. The average Bonchev–Trinajstić information content (AvgIpc) is 2.91. The molecular formula is C26H35O3P. The molecule has 1 heterocycles. The molecule has 30 heavy (non-hydrogen) atoms. The number of benzene rings is 2. The lowest BCUT2D eigenvalue weighted by atomic mass is 9.86. The van der Waals surface area contributed by atoms with Crippen LogP contribution >= 0.6 is 7.14 Å². The highest BCUT2D eigenvalue weighted by atomic mass is 31.2. The minimum absolute atomic E-state index is 0.0834. The summed E-state index contributed by atoms with van der Waals surface area (Å²) in [6.07, 6.45) is 3.80. The van der Waals surface area contributed by atoms with Crippen LogP contribution < -0.4 is 10.6 Å². The first-order valence-corrected chi connectivity index (χ1v) is 13.2. The van der Waals surface area contributed by atoms with Crippen molar-refractivity contribution in [2.45, 2.75) is 77.0 Å². The molecule has 0 unspecified atom stereocenters. The molecule has 0 aromatic heterocycles. The van der Waals surface area contributed by atoms with E-state index in [1.54, 1.807) is 0 Å². The first-order chi connectivity index (χ1) is 14.4. The molecule has 4 heteroatoms. The van der Waals surface area contributed by atoms with E-state index < -0.39 is 12.9 Å². The maximum absolute atomic E-state index is 15.1. The van der Waals surface area contributed by atoms with Gasteiger partial charge < -0.3 is 14.0 Å². The standard InChI is InChI=1S/C26H35O3P/c1-19(2)24-18-26(28-20(3)21(4)29-26)17-11-16-25(24)30(27,22-12-7-5-8-13-22)23-14-9-6-10-15-23/h5-10,12-15,19-21,24-25H,11,16-18H2,1-4H3/t20-,21-,24-,25+/m1/s1. The fraction of sp³-hybridized carbons (Fsp3) is 0.538. The molecular weight excluding hydrogens is 391 g/mol. The summed E-state index contributed by atoms with van der Waals surface area (Å²) in [5.74, 6) is 0.126. The van der Waals surface area contributed by atoms with Gasteiger partial charge >= 0.3 is 0 Å². The zero-order valence-electron chi connectivity index (χ0n) is 18.7. The Hall–Kier alpha value is -1.41. The second kappa shape index (κ2) is 8.61. The third-order valence-corrected chi connectivity index (χ3v) is 10.9. The van der Waals surface area contributed by atoms with Crippen molar-refractivity contribution >= 4 is 17.8 Å². The minimum Gasteiger partial charge on any atom is -0.344 e. The summed E-state index contributed by atoms with van der Waals surface area (Å²) >= 11 is 0. The first kappa shape index (κ1) is 21.8. The van der Waals surface area contributed by atoms with Gasteiger partial charge in [0, 0.05) is 29.1 Å². The normalized spacial score (nSPS) is 29.2. The predicted octanol–water partition coefficient (Wildman–Crippen LogP) is 5.74. The molecule has 2 fully saturated rings. The van der Waals surface area contributed by atoms with Gasteiger partial charge in [-0.05, 0) is 38.5 Å². The van der Waals surface area contributed by atoms with Crippen LogP contribution in [0.25, 0.3) is 0 Å². The molecule has 3 nitrogen and oxygen atoms in total. The summed E-state index contributed by atoms with van der Waals surface area (Å²) in [6, 6.07) is 20.3. The smallest absolute Gasteiger partial charge is 0.169 e. The van der Waals surface area contributed by atoms with Crippen molar-refractivity contribution in [3.8, 4) is 0 Å². The zero-order valence-corrected chi connectivity index (χ0v) is 19.6. The third kappa shape index (κ3) is 3.93. The highest BCUT2D eigenvalue weighted by molar-refractivity contribution is 7.79. The molecule has 162 valence electrons. The van der Waals surface area contributed by atoms with Crippen molar-refractivity contribution in [1.82, 2.24) is 0 Å². The highest BCUT2D eigenvalue weighted by Crippen LogP contribution is 2.58. The molecule has 0 N–H and O–H groups in total. The van der Waals surface area contributed by atoms with Crippen molar-refractivity contribution in [1.29, 1.82) is 0 Å². The van der Waals surface area contributed by atoms with E-state index in [-0.39, 0.29) is 23.8 Å². The molecule has 2 aromatic carbocycles. The van der Waals surface area contributed by atoms with E-state index in [1.165, 1.54) is 0 Å². The number of hydrogen-bond donors (Lipinski definition) is 0. The molecule has 1 spiro atoms. The quantitative estimate of drug-likeness (QED) is 0.585. The number of hydrogen-bond acceptors (Lipinski definition) is 3. The Morgan fingerprint density at radius 3 is 1.87 bits per heavy atom. The van der Waals surface area contributed by atoms with Gasteiger partial charge in [-0.2, -0.15) is 0 Å². The van der Waals surface area contributed by atoms with E-state index in [4.69, 9.17) is 9.47 Å². The SMILES string of the molecule is CC(C)[C@H]1CC2(CCC[C@@H]1P(=O)(c1ccccc1)c1ccccc1)O[C@H](C)[C@@H](C)O2. The van der Waals surface area contributed by atoms with E-state index >= 15 is 4.57 Å². The summed E-state index contributed by atoms with van der Waals surface area (Å²) in [7, 11) is -2.84. The highest BCUT2D eigenvalue weighted by Gasteiger charge is 2.52. The van der Waals surface area contributed by atoms with E-state index in [2.05, 4.69) is 52.0 Å². The Kier molecular flexibility index (Phi) is 6.26. The lowest BCUT2D eigenvalue weighted by Crippen LogP contribution is -2.38. The van der Waals surface area contributed by atoms with Gasteiger partial charge in [0.1, 0.15) is 7.14 Å². The van der Waals surface area contributed by atoms with E-state index in [0.29, 0.717) is 5.92 Å². The van der Waals surface area contributed by atoms with Crippen molar-refractivity contribution in [2.75, 3.05) is 0 Å². The summed E-state index contributed by atoms with van der Waals surface area (Å²) in [6.45, 7) is 8.73. The van der Waals surface area contributed by atoms with Crippen molar-refractivity contribution in [3.05, 3.63) is 60.7 Å². The predicted molar refractivity (Wildman–Crippen MR) is 124 cm³/mol. The summed E-state index contributed by atoms with van der Waals surface area (Å²) in [5.41, 5.74) is 0.0834. The maximum atomic E-state index is 15.1. The summed E-state index contributed by atoms with van der Waals surface area (Å²) in [4.78, 5) is 0. The molecule has 0 radical (unpaired) electrons. The molecule has 1 saturated carbocycles. The van der Waals surface area contributed by atoms with Gasteiger partial charge in [0.05, 0.1) is 12.2 Å². The summed E-state index contributed by atoms with van der Waals surface area (Å²) in [5, 5.41) is 1.94. The number of rotatable bonds is 4. The van der Waals surface area contributed by atoms with Crippen LogP contribution in [0.3, 0.4) is 0 Å². The third-order valence-electron chi connectivity index (χ3n) is 7.16. The molecule has 1 saturated heterocycles. The maximum Gasteiger partial charge on any atom is 0.169 e. The molecule has 4 atom stereocenters. The van der Waals surface area contributed by atoms with Gasteiger partial charge in [-0.1, -0.05) is 74.5 Å². The van der Waals surface area contributed by atoms with E-state index in [9.17, 15) is 0 Å². The zero-order chi connectivity index (χ0) is 21.4. The molecule has 0 amide bonds. The van der Waals surface area contributed by atoms with E-state index in [1.807, 2.05) is 36.4 Å². The van der Waals surface area contributed by atoms with Crippen molar-refractivity contribution in [2.24, 2.45) is 11.8 Å². The van der Waals surface area contributed by atoms with Crippen molar-refractivity contribution < 1.29 is 14.0 Å². The molecule has 0 bridgehead atoms. The van der Waals surface area contributed by atoms with Gasteiger partial charge in [0.2, 0.25) is 0 Å². The molecule has 1 aliphatic heterocycles. The molecule has 1 aliphatic carbocycles. The Balaban J connectivity index is 1.79. The van der Waals surface area contributed by atoms with Gasteiger partial charge in [-0.25, -0.2) is 0 Å². The largest absolute Gasteiger partial charge is 0.344 e. The Labute approximate surface area is 181 Å². The van der Waals surface area contributed by atoms with Crippen LogP contribution in [-0.2, 0) is 14.0 Å². The Morgan fingerprint density at radius 1 is 0.900 bits per heavy atom.